The SMILES string of the molecule is COCCCN1CCC(CNc2nc(C)nc3c2CCN(C(C)=O)C3)C1. The van der Waals surface area contributed by atoms with Crippen LogP contribution in [0.15, 0.2) is 0 Å². The van der Waals surface area contributed by atoms with Gasteiger partial charge in [-0.05, 0) is 38.6 Å². The van der Waals surface area contributed by atoms with Crippen LogP contribution in [0.4, 0.5) is 5.82 Å². The average molecular weight is 361 g/mol. The molecule has 0 spiro atoms. The first-order valence-corrected chi connectivity index (χ1v) is 9.64. The highest BCUT2D eigenvalue weighted by Gasteiger charge is 2.25. The summed E-state index contributed by atoms with van der Waals surface area (Å²) in [5, 5.41) is 3.58. The van der Waals surface area contributed by atoms with Crippen LogP contribution in [0.1, 0.15) is 36.8 Å². The van der Waals surface area contributed by atoms with Gasteiger partial charge in [0.05, 0.1) is 12.2 Å². The molecule has 0 bridgehead atoms. The molecule has 1 fully saturated rings. The van der Waals surface area contributed by atoms with Crippen molar-refractivity contribution >= 4 is 11.7 Å². The first-order valence-electron chi connectivity index (χ1n) is 9.64. The van der Waals surface area contributed by atoms with Crippen LogP contribution in [-0.2, 0) is 22.5 Å². The molecule has 144 valence electrons. The van der Waals surface area contributed by atoms with Crippen molar-refractivity contribution in [2.75, 3.05) is 51.8 Å². The third kappa shape index (κ3) is 4.71. The predicted molar refractivity (Wildman–Crippen MR) is 101 cm³/mol. The molecular formula is C19H31N5O2. The summed E-state index contributed by atoms with van der Waals surface area (Å²) < 4.78 is 5.14. The molecule has 1 unspecified atom stereocenters. The van der Waals surface area contributed by atoms with Gasteiger partial charge in [0.25, 0.3) is 0 Å². The molecule has 3 rings (SSSR count). The average Bonchev–Trinajstić information content (AvgIpc) is 3.07. The monoisotopic (exact) mass is 361 g/mol. The van der Waals surface area contributed by atoms with Gasteiger partial charge in [-0.1, -0.05) is 0 Å². The summed E-state index contributed by atoms with van der Waals surface area (Å²) in [4.78, 5) is 25.3. The Morgan fingerprint density at radius 3 is 2.96 bits per heavy atom. The number of nitrogens with zero attached hydrogens (tertiary/aromatic N) is 4. The third-order valence-corrected chi connectivity index (χ3v) is 5.37. The molecule has 0 saturated carbocycles. The molecule has 7 heteroatoms. The van der Waals surface area contributed by atoms with Crippen LogP contribution < -0.4 is 5.32 Å². The van der Waals surface area contributed by atoms with Gasteiger partial charge in [-0.3, -0.25) is 4.79 Å². The van der Waals surface area contributed by atoms with Gasteiger partial charge in [0.2, 0.25) is 5.91 Å². The van der Waals surface area contributed by atoms with Crippen LogP contribution in [0.2, 0.25) is 0 Å². The molecule has 1 atom stereocenters. The highest BCUT2D eigenvalue weighted by molar-refractivity contribution is 5.73. The first kappa shape index (κ1) is 19.0. The third-order valence-electron chi connectivity index (χ3n) is 5.37. The zero-order valence-electron chi connectivity index (χ0n) is 16.3. The predicted octanol–water partition coefficient (Wildman–Crippen LogP) is 1.46. The molecule has 1 aromatic rings. The maximum absolute atomic E-state index is 11.7. The number of methoxy groups -OCH3 is 1. The number of fused-ring (bicyclic) bond motifs is 1. The Morgan fingerprint density at radius 2 is 2.19 bits per heavy atom. The number of likely N-dealkylation sites (tertiary alicyclic amines) is 1. The number of aromatic nitrogens is 2. The van der Waals surface area contributed by atoms with E-state index >= 15 is 0 Å². The van der Waals surface area contributed by atoms with E-state index in [1.165, 1.54) is 18.5 Å². The summed E-state index contributed by atoms with van der Waals surface area (Å²) in [6.07, 6.45) is 3.15. The van der Waals surface area contributed by atoms with Gasteiger partial charge in [0.1, 0.15) is 11.6 Å². The molecule has 1 saturated heterocycles. The van der Waals surface area contributed by atoms with E-state index in [2.05, 4.69) is 20.2 Å². The Bertz CT molecular complexity index is 637. The van der Waals surface area contributed by atoms with Gasteiger partial charge in [0.15, 0.2) is 0 Å². The fourth-order valence-corrected chi connectivity index (χ4v) is 3.92. The molecule has 3 heterocycles. The zero-order chi connectivity index (χ0) is 18.5. The summed E-state index contributed by atoms with van der Waals surface area (Å²) in [5.41, 5.74) is 2.18. The quantitative estimate of drug-likeness (QED) is 0.742. The highest BCUT2D eigenvalue weighted by Crippen LogP contribution is 2.25. The van der Waals surface area contributed by atoms with E-state index in [1.807, 2.05) is 11.8 Å². The summed E-state index contributed by atoms with van der Waals surface area (Å²) >= 11 is 0. The number of amides is 1. The van der Waals surface area contributed by atoms with Crippen molar-refractivity contribution in [1.82, 2.24) is 19.8 Å². The minimum Gasteiger partial charge on any atom is -0.385 e. The van der Waals surface area contributed by atoms with E-state index in [4.69, 9.17) is 4.74 Å². The lowest BCUT2D eigenvalue weighted by atomic mass is 10.0. The molecule has 7 nitrogen and oxygen atoms in total. The topological polar surface area (TPSA) is 70.6 Å². The number of carbonyl (C=O) groups is 1. The molecule has 0 aliphatic carbocycles. The van der Waals surface area contributed by atoms with E-state index in [-0.39, 0.29) is 5.91 Å². The van der Waals surface area contributed by atoms with E-state index in [0.29, 0.717) is 12.5 Å². The van der Waals surface area contributed by atoms with Crippen LogP contribution in [0.25, 0.3) is 0 Å². The van der Waals surface area contributed by atoms with Crippen molar-refractivity contribution in [2.24, 2.45) is 5.92 Å². The minimum absolute atomic E-state index is 0.112. The van der Waals surface area contributed by atoms with Gasteiger partial charge in [-0.2, -0.15) is 0 Å². The zero-order valence-corrected chi connectivity index (χ0v) is 16.3. The van der Waals surface area contributed by atoms with Crippen molar-refractivity contribution in [1.29, 1.82) is 0 Å². The van der Waals surface area contributed by atoms with Gasteiger partial charge in [-0.15, -0.1) is 0 Å². The lowest BCUT2D eigenvalue weighted by Gasteiger charge is -2.28. The van der Waals surface area contributed by atoms with Crippen LogP contribution in [0, 0.1) is 12.8 Å². The molecule has 1 N–H and O–H groups in total. The van der Waals surface area contributed by atoms with Crippen molar-refractivity contribution in [3.8, 4) is 0 Å². The van der Waals surface area contributed by atoms with Crippen molar-refractivity contribution in [2.45, 2.75) is 39.7 Å². The Morgan fingerprint density at radius 1 is 1.35 bits per heavy atom. The van der Waals surface area contributed by atoms with Crippen LogP contribution in [-0.4, -0.2) is 72.1 Å². The van der Waals surface area contributed by atoms with Crippen LogP contribution in [0.3, 0.4) is 0 Å². The molecule has 0 radical (unpaired) electrons. The van der Waals surface area contributed by atoms with Gasteiger partial charge in [-0.25, -0.2) is 9.97 Å². The number of rotatable bonds is 7. The molecule has 2 aliphatic rings. The maximum atomic E-state index is 11.7. The van der Waals surface area contributed by atoms with Crippen molar-refractivity contribution < 1.29 is 9.53 Å². The number of nitrogens with one attached hydrogen (secondary N) is 1. The van der Waals surface area contributed by atoms with Gasteiger partial charge < -0.3 is 19.9 Å². The largest absolute Gasteiger partial charge is 0.385 e. The Hall–Kier alpha value is -1.73. The number of aryl methyl sites for hydroxylation is 1. The Kier molecular flexibility index (Phi) is 6.43. The molecular weight excluding hydrogens is 330 g/mol. The van der Waals surface area contributed by atoms with Crippen molar-refractivity contribution in [3.05, 3.63) is 17.1 Å². The summed E-state index contributed by atoms with van der Waals surface area (Å²) in [6.45, 7) is 10.1. The number of hydrogen-bond acceptors (Lipinski definition) is 6. The fourth-order valence-electron chi connectivity index (χ4n) is 3.92. The normalized spacial score (nSPS) is 20.3. The highest BCUT2D eigenvalue weighted by atomic mass is 16.5. The summed E-state index contributed by atoms with van der Waals surface area (Å²) in [5.74, 6) is 2.50. The molecule has 1 aromatic heterocycles. The van der Waals surface area contributed by atoms with E-state index in [9.17, 15) is 4.79 Å². The number of anilines is 1. The van der Waals surface area contributed by atoms with Crippen molar-refractivity contribution in [3.63, 3.8) is 0 Å². The maximum Gasteiger partial charge on any atom is 0.219 e. The van der Waals surface area contributed by atoms with E-state index in [1.54, 1.807) is 14.0 Å². The second-order valence-corrected chi connectivity index (χ2v) is 7.42. The van der Waals surface area contributed by atoms with Crippen LogP contribution in [0.5, 0.6) is 0 Å². The number of carbonyl (C=O) groups excluding carboxylic acids is 1. The minimum atomic E-state index is 0.112. The molecule has 0 aromatic carbocycles. The second kappa shape index (κ2) is 8.77. The standard InChI is InChI=1S/C19H31N5O2/c1-14-21-18-13-24(15(2)25)9-6-17(18)19(22-14)20-11-16-5-8-23(12-16)7-4-10-26-3/h16H,4-13H2,1-3H3,(H,20,21,22). The molecule has 2 aliphatic heterocycles. The van der Waals surface area contributed by atoms with E-state index in [0.717, 1.165) is 63.0 Å². The summed E-state index contributed by atoms with van der Waals surface area (Å²) in [6, 6.07) is 0. The first-order chi connectivity index (χ1) is 12.6. The Labute approximate surface area is 156 Å². The smallest absolute Gasteiger partial charge is 0.219 e. The number of ether oxygens (including phenoxy) is 1. The molecule has 26 heavy (non-hydrogen) atoms. The Balaban J connectivity index is 1.57. The molecule has 1 amide bonds. The fraction of sp³-hybridized carbons (Fsp3) is 0.737. The number of hydrogen-bond donors (Lipinski definition) is 1. The van der Waals surface area contributed by atoms with Gasteiger partial charge >= 0.3 is 0 Å². The second-order valence-electron chi connectivity index (χ2n) is 7.42. The van der Waals surface area contributed by atoms with Gasteiger partial charge in [0, 0.05) is 52.4 Å². The lowest BCUT2D eigenvalue weighted by molar-refractivity contribution is -0.129. The summed E-state index contributed by atoms with van der Waals surface area (Å²) in [7, 11) is 1.76. The lowest BCUT2D eigenvalue weighted by Crippen LogP contribution is -2.35. The van der Waals surface area contributed by atoms with E-state index < -0.39 is 0 Å². The van der Waals surface area contributed by atoms with Crippen LogP contribution >= 0.6 is 0 Å².